The van der Waals surface area contributed by atoms with Gasteiger partial charge in [-0.2, -0.15) is 0 Å². The number of para-hydroxylation sites is 4. The number of fused-ring (bicyclic) bond motifs is 9. The van der Waals surface area contributed by atoms with Crippen molar-refractivity contribution in [3.05, 3.63) is 197 Å². The van der Waals surface area contributed by atoms with E-state index in [0.717, 1.165) is 6.42 Å². The van der Waals surface area contributed by atoms with Gasteiger partial charge in [-0.15, -0.1) is 0 Å². The van der Waals surface area contributed by atoms with Crippen LogP contribution < -0.4 is 10.4 Å². The average molecular weight is 741 g/mol. The summed E-state index contributed by atoms with van der Waals surface area (Å²) in [6, 6.07) is 65.6. The molecule has 11 aromatic rings. The molecular formula is C56H40N2. The highest BCUT2D eigenvalue weighted by Gasteiger charge is 2.24. The van der Waals surface area contributed by atoms with Gasteiger partial charge in [-0.05, 0) is 122 Å². The molecule has 0 radical (unpaired) electrons. The maximum atomic E-state index is 2.59. The number of hydrogen-bond acceptors (Lipinski definition) is 0. The average Bonchev–Trinajstić information content (AvgIpc) is 3.79. The Bertz CT molecular complexity index is 3520. The second-order valence-corrected chi connectivity index (χ2v) is 16.1. The van der Waals surface area contributed by atoms with Crippen LogP contribution in [0.25, 0.3) is 105 Å². The summed E-state index contributed by atoms with van der Waals surface area (Å²) in [6.45, 7) is 4.46. The zero-order chi connectivity index (χ0) is 38.5. The Balaban J connectivity index is 1.25. The molecule has 2 aromatic heterocycles. The molecule has 9 aromatic carbocycles. The summed E-state index contributed by atoms with van der Waals surface area (Å²) in [4.78, 5) is 0. The van der Waals surface area contributed by atoms with Gasteiger partial charge in [-0.25, -0.2) is 0 Å². The maximum Gasteiger partial charge on any atom is 0.0566 e. The van der Waals surface area contributed by atoms with E-state index in [1.165, 1.54) is 115 Å². The van der Waals surface area contributed by atoms with Crippen molar-refractivity contribution in [2.75, 3.05) is 0 Å². The predicted octanol–water partition coefficient (Wildman–Crippen LogP) is 13.4. The monoisotopic (exact) mass is 740 g/mol. The van der Waals surface area contributed by atoms with Crippen LogP contribution >= 0.6 is 0 Å². The molecule has 1 unspecified atom stereocenters. The number of hydrogen-bond donors (Lipinski definition) is 0. The second kappa shape index (κ2) is 12.7. The smallest absolute Gasteiger partial charge is 0.0566 e. The molecule has 1 atom stereocenters. The Kier molecular flexibility index (Phi) is 7.22. The number of nitrogens with zero attached hydrogens (tertiary/aromatic N) is 2. The third-order valence-electron chi connectivity index (χ3n) is 12.9. The molecule has 0 amide bonds. The molecule has 0 bridgehead atoms. The summed E-state index contributed by atoms with van der Waals surface area (Å²) in [7, 11) is 0. The van der Waals surface area contributed by atoms with Crippen LogP contribution in [0.1, 0.15) is 23.6 Å². The van der Waals surface area contributed by atoms with Crippen molar-refractivity contribution in [3.63, 3.8) is 0 Å². The standard InChI is InChI=1S/C56H40N2/c1-35-26-27-38(32-36(35)2)55-47-30-28-40(58-53-24-11-7-19-44(53)45-20-8-12-25-54(45)58)34-50(47)56(46-21-13-15-37-14-3-4-16-41(37)46)48-31-29-39(33-49(48)55)57-51-22-9-5-17-42(51)43-18-6-10-23-52(43)57/h3-28,30-34,39H,29H2,1-2H3. The van der Waals surface area contributed by atoms with E-state index < -0.39 is 0 Å². The zero-order valence-electron chi connectivity index (χ0n) is 32.6. The van der Waals surface area contributed by atoms with Crippen molar-refractivity contribution in [3.8, 4) is 27.9 Å². The van der Waals surface area contributed by atoms with Crippen LogP contribution in [0, 0.1) is 13.8 Å². The minimum Gasteiger partial charge on any atom is -0.333 e. The fourth-order valence-electron chi connectivity index (χ4n) is 10.2. The van der Waals surface area contributed by atoms with Crippen LogP contribution in [0.4, 0.5) is 0 Å². The summed E-state index contributed by atoms with van der Waals surface area (Å²) in [5, 5.41) is 12.8. The fourth-order valence-corrected chi connectivity index (χ4v) is 10.2. The molecule has 0 saturated carbocycles. The molecule has 0 aliphatic heterocycles. The lowest BCUT2D eigenvalue weighted by Gasteiger charge is -2.24. The van der Waals surface area contributed by atoms with Crippen molar-refractivity contribution >= 4 is 77.3 Å². The first kappa shape index (κ1) is 33.0. The van der Waals surface area contributed by atoms with Gasteiger partial charge in [0.1, 0.15) is 0 Å². The maximum absolute atomic E-state index is 2.59. The molecule has 2 nitrogen and oxygen atoms in total. The molecular weight excluding hydrogens is 701 g/mol. The van der Waals surface area contributed by atoms with Crippen LogP contribution in [0.5, 0.6) is 0 Å². The summed E-state index contributed by atoms with van der Waals surface area (Å²) >= 11 is 0. The Morgan fingerprint density at radius 1 is 0.431 bits per heavy atom. The minimum absolute atomic E-state index is 0.136. The zero-order valence-corrected chi connectivity index (χ0v) is 32.6. The third kappa shape index (κ3) is 4.79. The van der Waals surface area contributed by atoms with Crippen LogP contribution in [0.3, 0.4) is 0 Å². The molecule has 12 rings (SSSR count). The van der Waals surface area contributed by atoms with E-state index in [1.54, 1.807) is 0 Å². The first-order chi connectivity index (χ1) is 28.6. The van der Waals surface area contributed by atoms with Gasteiger partial charge < -0.3 is 9.13 Å². The van der Waals surface area contributed by atoms with E-state index >= 15 is 0 Å². The summed E-state index contributed by atoms with van der Waals surface area (Å²) in [5.74, 6) is 0. The predicted molar refractivity (Wildman–Crippen MR) is 247 cm³/mol. The lowest BCUT2D eigenvalue weighted by atomic mass is 9.83. The van der Waals surface area contributed by atoms with Gasteiger partial charge in [-0.1, -0.05) is 152 Å². The summed E-state index contributed by atoms with van der Waals surface area (Å²) < 4.78 is 5.04. The first-order valence-corrected chi connectivity index (χ1v) is 20.5. The van der Waals surface area contributed by atoms with Crippen LogP contribution in [-0.4, -0.2) is 9.13 Å². The van der Waals surface area contributed by atoms with Crippen molar-refractivity contribution in [1.29, 1.82) is 0 Å². The molecule has 2 heterocycles. The Morgan fingerprint density at radius 2 is 1.02 bits per heavy atom. The lowest BCUT2D eigenvalue weighted by molar-refractivity contribution is 0.695. The van der Waals surface area contributed by atoms with E-state index in [1.807, 2.05) is 0 Å². The van der Waals surface area contributed by atoms with Crippen LogP contribution in [0.15, 0.2) is 176 Å². The molecule has 0 N–H and O–H groups in total. The normalized spacial score (nSPS) is 14.1. The molecule has 0 fully saturated rings. The number of rotatable bonds is 4. The Labute approximate surface area is 336 Å². The molecule has 2 heteroatoms. The summed E-state index contributed by atoms with van der Waals surface area (Å²) in [6.07, 6.45) is 6.03. The van der Waals surface area contributed by atoms with E-state index in [2.05, 4.69) is 211 Å². The van der Waals surface area contributed by atoms with Crippen molar-refractivity contribution < 1.29 is 0 Å². The molecule has 58 heavy (non-hydrogen) atoms. The van der Waals surface area contributed by atoms with Crippen molar-refractivity contribution in [2.24, 2.45) is 0 Å². The van der Waals surface area contributed by atoms with Crippen LogP contribution in [-0.2, 0) is 0 Å². The highest BCUT2D eigenvalue weighted by molar-refractivity contribution is 6.13. The lowest BCUT2D eigenvalue weighted by Crippen LogP contribution is -2.34. The fraction of sp³-hybridized carbons (Fsp3) is 0.0714. The minimum atomic E-state index is 0.136. The molecule has 0 spiro atoms. The molecule has 274 valence electrons. The van der Waals surface area contributed by atoms with Crippen molar-refractivity contribution in [1.82, 2.24) is 9.13 Å². The molecule has 1 aliphatic rings. The van der Waals surface area contributed by atoms with Crippen molar-refractivity contribution in [2.45, 2.75) is 26.3 Å². The van der Waals surface area contributed by atoms with E-state index in [0.29, 0.717) is 0 Å². The highest BCUT2D eigenvalue weighted by atomic mass is 15.0. The van der Waals surface area contributed by atoms with Gasteiger partial charge in [0.15, 0.2) is 0 Å². The summed E-state index contributed by atoms with van der Waals surface area (Å²) in [5.41, 5.74) is 13.9. The SMILES string of the molecule is Cc1ccc(-c2c3c(c(-c4cccc5ccccc45)c4cc(-n5c6ccccc6c6ccccc65)ccc24)=CCC(n2c4ccccc4c4ccccc42)C=3)cc1C. The number of aromatic nitrogens is 2. The first-order valence-electron chi connectivity index (χ1n) is 20.5. The third-order valence-corrected chi connectivity index (χ3v) is 12.9. The molecule has 0 saturated heterocycles. The van der Waals surface area contributed by atoms with E-state index in [9.17, 15) is 0 Å². The Hall–Kier alpha value is -7.16. The second-order valence-electron chi connectivity index (χ2n) is 16.1. The largest absolute Gasteiger partial charge is 0.333 e. The van der Waals surface area contributed by atoms with Gasteiger partial charge in [0.2, 0.25) is 0 Å². The van der Waals surface area contributed by atoms with E-state index in [4.69, 9.17) is 0 Å². The van der Waals surface area contributed by atoms with Gasteiger partial charge in [0.25, 0.3) is 0 Å². The number of benzene rings is 9. The van der Waals surface area contributed by atoms with Gasteiger partial charge >= 0.3 is 0 Å². The topological polar surface area (TPSA) is 9.86 Å². The van der Waals surface area contributed by atoms with Gasteiger partial charge in [-0.3, -0.25) is 0 Å². The van der Waals surface area contributed by atoms with Crippen LogP contribution in [0.2, 0.25) is 0 Å². The Morgan fingerprint density at radius 3 is 1.69 bits per heavy atom. The molecule has 1 aliphatic carbocycles. The van der Waals surface area contributed by atoms with Gasteiger partial charge in [0, 0.05) is 38.3 Å². The van der Waals surface area contributed by atoms with E-state index in [-0.39, 0.29) is 6.04 Å². The highest BCUT2D eigenvalue weighted by Crippen LogP contribution is 2.40. The van der Waals surface area contributed by atoms with Gasteiger partial charge in [0.05, 0.1) is 17.1 Å². The number of aryl methyl sites for hydroxylation is 2. The quantitative estimate of drug-likeness (QED) is 0.170.